The second kappa shape index (κ2) is 9.64. The van der Waals surface area contributed by atoms with E-state index in [1.807, 2.05) is 6.92 Å². The van der Waals surface area contributed by atoms with Crippen molar-refractivity contribution in [3.8, 4) is 0 Å². The number of rotatable bonds is 9. The van der Waals surface area contributed by atoms with Crippen molar-refractivity contribution in [2.45, 2.75) is 19.8 Å². The summed E-state index contributed by atoms with van der Waals surface area (Å²) in [6.45, 7) is 4.55. The third-order valence-corrected chi connectivity index (χ3v) is 1.55. The maximum atomic E-state index is 10.8. The lowest BCUT2D eigenvalue weighted by molar-refractivity contribution is -0.119. The summed E-state index contributed by atoms with van der Waals surface area (Å²) < 4.78 is 10.2. The molecule has 4 heteroatoms. The van der Waals surface area contributed by atoms with Gasteiger partial charge in [-0.05, 0) is 0 Å². The van der Waals surface area contributed by atoms with Gasteiger partial charge in [0.2, 0.25) is 0 Å². The number of carbonyl (C=O) groups is 1. The third-order valence-electron chi connectivity index (χ3n) is 1.55. The zero-order valence-corrected chi connectivity index (χ0v) is 8.25. The molecule has 2 N–H and O–H groups in total. The van der Waals surface area contributed by atoms with Gasteiger partial charge >= 0.3 is 0 Å². The summed E-state index contributed by atoms with van der Waals surface area (Å²) in [5.41, 5.74) is 5.22. The van der Waals surface area contributed by atoms with E-state index in [0.717, 1.165) is 0 Å². The van der Waals surface area contributed by atoms with Crippen LogP contribution in [0.2, 0.25) is 0 Å². The third kappa shape index (κ3) is 9.46. The Morgan fingerprint density at radius 1 is 1.15 bits per heavy atom. The van der Waals surface area contributed by atoms with Gasteiger partial charge in [-0.15, -0.1) is 0 Å². The van der Waals surface area contributed by atoms with Crippen LogP contribution < -0.4 is 5.73 Å². The van der Waals surface area contributed by atoms with Crippen molar-refractivity contribution in [2.24, 2.45) is 5.73 Å². The summed E-state index contributed by atoms with van der Waals surface area (Å²) in [6, 6.07) is 0. The molecule has 0 saturated heterocycles. The summed E-state index contributed by atoms with van der Waals surface area (Å²) in [5, 5.41) is 0. The number of ether oxygens (including phenoxy) is 2. The average molecular weight is 189 g/mol. The number of hydrogen-bond donors (Lipinski definition) is 1. The quantitative estimate of drug-likeness (QED) is 0.531. The Balaban J connectivity index is 2.95. The Morgan fingerprint density at radius 3 is 2.31 bits per heavy atom. The molecule has 0 fully saturated rings. The molecule has 0 bridgehead atoms. The highest BCUT2D eigenvalue weighted by Gasteiger charge is 1.96. The largest absolute Gasteiger partial charge is 0.379 e. The van der Waals surface area contributed by atoms with Crippen LogP contribution in [0.1, 0.15) is 19.8 Å². The van der Waals surface area contributed by atoms with Crippen LogP contribution >= 0.6 is 0 Å². The minimum Gasteiger partial charge on any atom is -0.379 e. The Bertz CT molecular complexity index is 128. The molecule has 0 spiro atoms. The van der Waals surface area contributed by atoms with Gasteiger partial charge in [0.25, 0.3) is 0 Å². The molecule has 0 radical (unpaired) electrons. The Morgan fingerprint density at radius 2 is 1.77 bits per heavy atom. The zero-order chi connectivity index (χ0) is 9.94. The van der Waals surface area contributed by atoms with Crippen molar-refractivity contribution >= 4 is 5.78 Å². The molecule has 0 rings (SSSR count). The van der Waals surface area contributed by atoms with Gasteiger partial charge in [0.15, 0.2) is 0 Å². The molecule has 13 heavy (non-hydrogen) atoms. The molecule has 0 aromatic rings. The van der Waals surface area contributed by atoms with Crippen LogP contribution in [0.4, 0.5) is 0 Å². The van der Waals surface area contributed by atoms with E-state index in [4.69, 9.17) is 15.2 Å². The lowest BCUT2D eigenvalue weighted by atomic mass is 10.2. The molecular weight excluding hydrogens is 170 g/mol. The lowest BCUT2D eigenvalue weighted by Gasteiger charge is -2.03. The van der Waals surface area contributed by atoms with E-state index in [-0.39, 0.29) is 5.78 Å². The van der Waals surface area contributed by atoms with Crippen molar-refractivity contribution in [2.75, 3.05) is 33.0 Å². The monoisotopic (exact) mass is 189 g/mol. The summed E-state index contributed by atoms with van der Waals surface area (Å²) in [5.74, 6) is 0.239. The second-order valence-corrected chi connectivity index (χ2v) is 2.66. The fraction of sp³-hybridized carbons (Fsp3) is 0.889. The molecule has 0 aromatic heterocycles. The maximum Gasteiger partial charge on any atom is 0.134 e. The smallest absolute Gasteiger partial charge is 0.134 e. The summed E-state index contributed by atoms with van der Waals surface area (Å²) >= 11 is 0. The molecule has 0 heterocycles. The van der Waals surface area contributed by atoms with Crippen LogP contribution in [0, 0.1) is 0 Å². The molecule has 0 unspecified atom stereocenters. The van der Waals surface area contributed by atoms with Gasteiger partial charge in [-0.3, -0.25) is 4.79 Å². The zero-order valence-electron chi connectivity index (χ0n) is 8.25. The number of Topliss-reactive ketones (excluding diaryl/α,β-unsaturated/α-hetero) is 1. The van der Waals surface area contributed by atoms with Crippen molar-refractivity contribution in [3.63, 3.8) is 0 Å². The van der Waals surface area contributed by atoms with E-state index in [2.05, 4.69) is 0 Å². The van der Waals surface area contributed by atoms with Gasteiger partial charge in [-0.25, -0.2) is 0 Å². The Hall–Kier alpha value is -0.450. The molecule has 0 saturated carbocycles. The molecule has 0 aliphatic rings. The Labute approximate surface area is 79.4 Å². The maximum absolute atomic E-state index is 10.8. The molecular formula is C9H19NO3. The summed E-state index contributed by atoms with van der Waals surface area (Å²) in [7, 11) is 0. The van der Waals surface area contributed by atoms with Crippen LogP contribution in [0.25, 0.3) is 0 Å². The minimum atomic E-state index is 0.239. The molecule has 0 aliphatic carbocycles. The Kier molecular flexibility index (Phi) is 9.30. The number of carbonyl (C=O) groups excluding carboxylic acids is 1. The van der Waals surface area contributed by atoms with Gasteiger partial charge < -0.3 is 15.2 Å². The van der Waals surface area contributed by atoms with Crippen molar-refractivity contribution < 1.29 is 14.3 Å². The molecule has 0 amide bonds. The fourth-order valence-electron chi connectivity index (χ4n) is 0.768. The number of ketones is 1. The summed E-state index contributed by atoms with van der Waals surface area (Å²) in [6.07, 6.45) is 1.10. The van der Waals surface area contributed by atoms with Crippen molar-refractivity contribution in [1.29, 1.82) is 0 Å². The van der Waals surface area contributed by atoms with E-state index in [0.29, 0.717) is 45.8 Å². The van der Waals surface area contributed by atoms with E-state index in [1.54, 1.807) is 0 Å². The fourth-order valence-corrected chi connectivity index (χ4v) is 0.768. The van der Waals surface area contributed by atoms with Crippen LogP contribution in [0.5, 0.6) is 0 Å². The SMILES string of the molecule is CCC(=O)CCOCCOCCN. The molecule has 0 aliphatic heterocycles. The predicted molar refractivity (Wildman–Crippen MR) is 50.6 cm³/mol. The molecule has 0 aromatic carbocycles. The minimum absolute atomic E-state index is 0.239. The first-order chi connectivity index (χ1) is 6.31. The van der Waals surface area contributed by atoms with Gasteiger partial charge in [-0.2, -0.15) is 0 Å². The number of nitrogens with two attached hydrogens (primary N) is 1. The van der Waals surface area contributed by atoms with E-state index in [1.165, 1.54) is 0 Å². The first kappa shape index (κ1) is 12.6. The van der Waals surface area contributed by atoms with Crippen LogP contribution in [0.15, 0.2) is 0 Å². The van der Waals surface area contributed by atoms with Crippen molar-refractivity contribution in [1.82, 2.24) is 0 Å². The molecule has 0 atom stereocenters. The van der Waals surface area contributed by atoms with Crippen LogP contribution in [-0.4, -0.2) is 38.8 Å². The van der Waals surface area contributed by atoms with Gasteiger partial charge in [0.1, 0.15) is 5.78 Å². The first-order valence-electron chi connectivity index (χ1n) is 4.68. The predicted octanol–water partition coefficient (Wildman–Crippen LogP) is 0.348. The average Bonchev–Trinajstić information content (AvgIpc) is 2.16. The van der Waals surface area contributed by atoms with Crippen LogP contribution in [-0.2, 0) is 14.3 Å². The van der Waals surface area contributed by atoms with E-state index in [9.17, 15) is 4.79 Å². The highest BCUT2D eigenvalue weighted by molar-refractivity contribution is 5.78. The summed E-state index contributed by atoms with van der Waals surface area (Å²) in [4.78, 5) is 10.8. The van der Waals surface area contributed by atoms with Crippen LogP contribution in [0.3, 0.4) is 0 Å². The van der Waals surface area contributed by atoms with Gasteiger partial charge in [-0.1, -0.05) is 6.92 Å². The highest BCUT2D eigenvalue weighted by atomic mass is 16.5. The standard InChI is InChI=1S/C9H19NO3/c1-2-9(11)3-5-12-7-8-13-6-4-10/h2-8,10H2,1H3. The van der Waals surface area contributed by atoms with E-state index >= 15 is 0 Å². The van der Waals surface area contributed by atoms with Gasteiger partial charge in [0, 0.05) is 19.4 Å². The molecule has 4 nitrogen and oxygen atoms in total. The lowest BCUT2D eigenvalue weighted by Crippen LogP contribution is -2.13. The van der Waals surface area contributed by atoms with Gasteiger partial charge in [0.05, 0.1) is 26.4 Å². The topological polar surface area (TPSA) is 61.5 Å². The molecule has 78 valence electrons. The highest BCUT2D eigenvalue weighted by Crippen LogP contribution is 1.89. The van der Waals surface area contributed by atoms with E-state index < -0.39 is 0 Å². The normalized spacial score (nSPS) is 10.3. The first-order valence-corrected chi connectivity index (χ1v) is 4.68. The second-order valence-electron chi connectivity index (χ2n) is 2.66. The number of hydrogen-bond acceptors (Lipinski definition) is 4. The van der Waals surface area contributed by atoms with Crippen molar-refractivity contribution in [3.05, 3.63) is 0 Å².